The van der Waals surface area contributed by atoms with E-state index < -0.39 is 0 Å². The van der Waals surface area contributed by atoms with E-state index >= 15 is 0 Å². The third-order valence-corrected chi connectivity index (χ3v) is 6.19. The largest absolute Gasteiger partial charge is 0.347 e. The Hall–Kier alpha value is -0.260. The van der Waals surface area contributed by atoms with E-state index in [0.29, 0.717) is 6.04 Å². The van der Waals surface area contributed by atoms with Crippen molar-refractivity contribution in [3.8, 4) is 0 Å². The van der Waals surface area contributed by atoms with E-state index in [9.17, 15) is 0 Å². The zero-order valence-corrected chi connectivity index (χ0v) is 14.9. The third kappa shape index (κ3) is 3.31. The minimum Gasteiger partial charge on any atom is -0.347 e. The molecule has 1 aliphatic rings. The summed E-state index contributed by atoms with van der Waals surface area (Å²) in [6.45, 7) is 6.84. The van der Waals surface area contributed by atoms with Crippen LogP contribution in [0.3, 0.4) is 0 Å². The monoisotopic (exact) mass is 313 g/mol. The van der Waals surface area contributed by atoms with E-state index in [1.54, 1.807) is 11.3 Å². The van der Waals surface area contributed by atoms with Gasteiger partial charge in [0.2, 0.25) is 0 Å². The molecule has 20 heavy (non-hydrogen) atoms. The van der Waals surface area contributed by atoms with E-state index in [-0.39, 0.29) is 11.5 Å². The van der Waals surface area contributed by atoms with E-state index in [2.05, 4.69) is 39.0 Å². The Bertz CT molecular complexity index is 456. The predicted octanol–water partition coefficient (Wildman–Crippen LogP) is 3.69. The normalized spacial score (nSPS) is 22.4. The van der Waals surface area contributed by atoms with E-state index in [1.807, 2.05) is 11.8 Å². The van der Waals surface area contributed by atoms with Crippen molar-refractivity contribution in [2.24, 2.45) is 11.1 Å². The van der Waals surface area contributed by atoms with Crippen molar-refractivity contribution < 1.29 is 0 Å². The first-order chi connectivity index (χ1) is 9.38. The van der Waals surface area contributed by atoms with Crippen molar-refractivity contribution in [2.45, 2.75) is 52.1 Å². The summed E-state index contributed by atoms with van der Waals surface area (Å²) in [5.41, 5.74) is 7.86. The van der Waals surface area contributed by atoms with Crippen LogP contribution < -0.4 is 10.6 Å². The predicted molar refractivity (Wildman–Crippen MR) is 92.0 cm³/mol. The van der Waals surface area contributed by atoms with Crippen LogP contribution in [-0.4, -0.2) is 30.1 Å². The number of anilines is 1. The fraction of sp³-hybridized carbons (Fsp3) is 0.800. The summed E-state index contributed by atoms with van der Waals surface area (Å²) in [6, 6.07) is 0.718. The molecule has 3 nitrogen and oxygen atoms in total. The van der Waals surface area contributed by atoms with Crippen molar-refractivity contribution in [1.29, 1.82) is 0 Å². The summed E-state index contributed by atoms with van der Waals surface area (Å²) in [5.74, 6) is 1.15. The summed E-state index contributed by atoms with van der Waals surface area (Å²) in [4.78, 5) is 8.56. The molecule has 1 aromatic rings. The number of rotatable bonds is 5. The van der Waals surface area contributed by atoms with Crippen LogP contribution in [0.15, 0.2) is 0 Å². The first-order valence-corrected chi connectivity index (χ1v) is 9.56. The second kappa shape index (κ2) is 6.24. The fourth-order valence-corrected chi connectivity index (χ4v) is 4.94. The molecule has 1 aromatic heterocycles. The molecule has 2 atom stereocenters. The van der Waals surface area contributed by atoms with Crippen LogP contribution in [0.1, 0.15) is 50.2 Å². The highest BCUT2D eigenvalue weighted by molar-refractivity contribution is 7.98. The van der Waals surface area contributed by atoms with Crippen molar-refractivity contribution in [2.75, 3.05) is 24.0 Å². The average molecular weight is 314 g/mol. The number of thiazole rings is 1. The van der Waals surface area contributed by atoms with Gasteiger partial charge in [-0.1, -0.05) is 32.1 Å². The Morgan fingerprint density at radius 2 is 2.25 bits per heavy atom. The lowest BCUT2D eigenvalue weighted by Crippen LogP contribution is -2.33. The number of nitrogens with zero attached hydrogens (tertiary/aromatic N) is 2. The van der Waals surface area contributed by atoms with Crippen LogP contribution in [0.4, 0.5) is 5.13 Å². The highest BCUT2D eigenvalue weighted by atomic mass is 32.2. The lowest BCUT2D eigenvalue weighted by Gasteiger charge is -2.32. The molecule has 2 rings (SSSR count). The first-order valence-electron chi connectivity index (χ1n) is 7.35. The van der Waals surface area contributed by atoms with Crippen molar-refractivity contribution >= 4 is 28.2 Å². The maximum atomic E-state index is 6.35. The molecule has 2 unspecified atom stereocenters. The van der Waals surface area contributed by atoms with Crippen LogP contribution >= 0.6 is 23.1 Å². The Labute approximate surface area is 131 Å². The van der Waals surface area contributed by atoms with Gasteiger partial charge in [-0.2, -0.15) is 11.8 Å². The van der Waals surface area contributed by atoms with Crippen molar-refractivity contribution in [1.82, 2.24) is 4.98 Å². The third-order valence-electron chi connectivity index (χ3n) is 4.15. The number of fused-ring (bicyclic) bond motifs is 1. The Balaban J connectivity index is 2.24. The summed E-state index contributed by atoms with van der Waals surface area (Å²) in [6.07, 6.45) is 5.44. The molecule has 0 saturated carbocycles. The van der Waals surface area contributed by atoms with E-state index in [1.165, 1.54) is 10.6 Å². The van der Waals surface area contributed by atoms with E-state index in [4.69, 9.17) is 10.7 Å². The van der Waals surface area contributed by atoms with Gasteiger partial charge in [0.15, 0.2) is 5.13 Å². The number of hydrogen-bond acceptors (Lipinski definition) is 5. The van der Waals surface area contributed by atoms with Crippen molar-refractivity contribution in [3.05, 3.63) is 10.6 Å². The number of hydrogen-bond donors (Lipinski definition) is 1. The molecule has 0 bridgehead atoms. The van der Waals surface area contributed by atoms with Gasteiger partial charge in [0, 0.05) is 29.8 Å². The van der Waals surface area contributed by atoms with Gasteiger partial charge in [-0.3, -0.25) is 0 Å². The molecule has 0 saturated heterocycles. The highest BCUT2D eigenvalue weighted by Gasteiger charge is 2.34. The molecular formula is C15H27N3S2. The molecule has 1 heterocycles. The van der Waals surface area contributed by atoms with Gasteiger partial charge in [0.25, 0.3) is 0 Å². The van der Waals surface area contributed by atoms with Gasteiger partial charge < -0.3 is 10.6 Å². The minimum absolute atomic E-state index is 0.161. The van der Waals surface area contributed by atoms with Crippen molar-refractivity contribution in [3.63, 3.8) is 0 Å². The lowest BCUT2D eigenvalue weighted by molar-refractivity contribution is 0.282. The van der Waals surface area contributed by atoms with Gasteiger partial charge >= 0.3 is 0 Å². The molecule has 2 N–H and O–H groups in total. The van der Waals surface area contributed by atoms with Crippen LogP contribution in [0, 0.1) is 5.41 Å². The van der Waals surface area contributed by atoms with Gasteiger partial charge in [-0.15, -0.1) is 0 Å². The number of thioether (sulfide) groups is 1. The zero-order chi connectivity index (χ0) is 14.9. The average Bonchev–Trinajstić information content (AvgIpc) is 2.77. The minimum atomic E-state index is 0.161. The molecular weight excluding hydrogens is 286 g/mol. The summed E-state index contributed by atoms with van der Waals surface area (Å²) >= 11 is 3.71. The Kier molecular flexibility index (Phi) is 5.03. The van der Waals surface area contributed by atoms with Crippen LogP contribution in [0.25, 0.3) is 0 Å². The van der Waals surface area contributed by atoms with E-state index in [0.717, 1.165) is 30.1 Å². The summed E-state index contributed by atoms with van der Waals surface area (Å²) in [5, 5.41) is 1.14. The van der Waals surface area contributed by atoms with Crippen LogP contribution in [0.2, 0.25) is 0 Å². The zero-order valence-electron chi connectivity index (χ0n) is 13.3. The van der Waals surface area contributed by atoms with Gasteiger partial charge in [0.1, 0.15) is 0 Å². The summed E-state index contributed by atoms with van der Waals surface area (Å²) < 4.78 is 0. The second-order valence-corrected chi connectivity index (χ2v) is 8.51. The number of nitrogens with two attached hydrogens (primary N) is 1. The molecule has 114 valence electrons. The quantitative estimate of drug-likeness (QED) is 0.900. The maximum absolute atomic E-state index is 6.35. The standard InChI is InChI=1S/C15H27N3S2/c1-6-10(9-19-5)18(4)14-17-12-8-15(2,3)7-11(16)13(12)20-14/h10-11H,6-9,16H2,1-5H3. The van der Waals surface area contributed by atoms with Gasteiger partial charge in [-0.05, 0) is 30.9 Å². The molecule has 0 fully saturated rings. The Morgan fingerprint density at radius 3 is 2.85 bits per heavy atom. The second-order valence-electron chi connectivity index (χ2n) is 6.59. The van der Waals surface area contributed by atoms with Crippen LogP contribution in [0.5, 0.6) is 0 Å². The molecule has 0 spiro atoms. The molecule has 0 amide bonds. The molecule has 0 aromatic carbocycles. The highest BCUT2D eigenvalue weighted by Crippen LogP contribution is 2.43. The molecule has 0 aliphatic heterocycles. The fourth-order valence-electron chi connectivity index (χ4n) is 2.98. The van der Waals surface area contributed by atoms with Gasteiger partial charge in [-0.25, -0.2) is 4.98 Å². The van der Waals surface area contributed by atoms with Gasteiger partial charge in [0.05, 0.1) is 5.69 Å². The lowest BCUT2D eigenvalue weighted by atomic mass is 9.77. The SMILES string of the molecule is CCC(CSC)N(C)c1nc2c(s1)C(N)CC(C)(C)C2. The molecule has 5 heteroatoms. The molecule has 0 radical (unpaired) electrons. The maximum Gasteiger partial charge on any atom is 0.185 e. The smallest absolute Gasteiger partial charge is 0.185 e. The summed E-state index contributed by atoms with van der Waals surface area (Å²) in [7, 11) is 2.17. The topological polar surface area (TPSA) is 42.2 Å². The Morgan fingerprint density at radius 1 is 1.55 bits per heavy atom. The number of aromatic nitrogens is 1. The molecule has 1 aliphatic carbocycles. The first kappa shape index (κ1) is 16.1. The van der Waals surface area contributed by atoms with Crippen LogP contribution in [-0.2, 0) is 6.42 Å².